The van der Waals surface area contributed by atoms with Gasteiger partial charge in [0.25, 0.3) is 0 Å². The van der Waals surface area contributed by atoms with Gasteiger partial charge in [0, 0.05) is 13.6 Å². The second-order valence-corrected chi connectivity index (χ2v) is 3.78. The van der Waals surface area contributed by atoms with Gasteiger partial charge in [-0.1, -0.05) is 6.07 Å². The Bertz CT molecular complexity index is 346. The summed E-state index contributed by atoms with van der Waals surface area (Å²) in [7, 11) is 1.59. The van der Waals surface area contributed by atoms with Gasteiger partial charge in [-0.2, -0.15) is 5.06 Å². The molecule has 1 rings (SSSR count). The summed E-state index contributed by atoms with van der Waals surface area (Å²) in [6, 6.07) is 1.93. The third-order valence-electron chi connectivity index (χ3n) is 2.48. The quantitative estimate of drug-likeness (QED) is 0.710. The normalized spacial score (nSPS) is 11.0. The van der Waals surface area contributed by atoms with Crippen molar-refractivity contribution in [3.05, 3.63) is 28.3 Å². The van der Waals surface area contributed by atoms with Gasteiger partial charge in [-0.05, 0) is 43.0 Å². The molecule has 1 aromatic rings. The van der Waals surface area contributed by atoms with Gasteiger partial charge in [0.15, 0.2) is 0 Å². The van der Waals surface area contributed by atoms with Crippen LogP contribution in [0.5, 0.6) is 5.75 Å². The largest absolute Gasteiger partial charge is 0.507 e. The third-order valence-corrected chi connectivity index (χ3v) is 2.48. The summed E-state index contributed by atoms with van der Waals surface area (Å²) < 4.78 is 0. The molecule has 78 valence electrons. The molecule has 0 aliphatic heterocycles. The van der Waals surface area contributed by atoms with E-state index in [2.05, 4.69) is 0 Å². The highest BCUT2D eigenvalue weighted by atomic mass is 16.5. The fraction of sp³-hybridized carbons (Fsp3) is 0.455. The van der Waals surface area contributed by atoms with Gasteiger partial charge in [-0.15, -0.1) is 0 Å². The lowest BCUT2D eigenvalue weighted by Crippen LogP contribution is -2.14. The number of hydrogen-bond donors (Lipinski definition) is 2. The Morgan fingerprint density at radius 2 is 1.79 bits per heavy atom. The second kappa shape index (κ2) is 3.98. The van der Waals surface area contributed by atoms with Crippen molar-refractivity contribution in [2.75, 3.05) is 7.05 Å². The average Bonchev–Trinajstić information content (AvgIpc) is 2.09. The fourth-order valence-corrected chi connectivity index (χ4v) is 1.69. The van der Waals surface area contributed by atoms with Crippen LogP contribution < -0.4 is 0 Å². The molecule has 0 aliphatic rings. The van der Waals surface area contributed by atoms with E-state index in [-0.39, 0.29) is 0 Å². The van der Waals surface area contributed by atoms with Crippen molar-refractivity contribution in [3.63, 3.8) is 0 Å². The van der Waals surface area contributed by atoms with Crippen LogP contribution >= 0.6 is 0 Å². The predicted octanol–water partition coefficient (Wildman–Crippen LogP) is 2.14. The number of rotatable bonds is 2. The van der Waals surface area contributed by atoms with Crippen LogP contribution in [0, 0.1) is 20.8 Å². The molecule has 0 aliphatic carbocycles. The van der Waals surface area contributed by atoms with Gasteiger partial charge in [0.05, 0.1) is 0 Å². The third kappa shape index (κ3) is 2.05. The van der Waals surface area contributed by atoms with Crippen molar-refractivity contribution in [2.24, 2.45) is 0 Å². The fourth-order valence-electron chi connectivity index (χ4n) is 1.69. The van der Waals surface area contributed by atoms with Crippen LogP contribution in [0.3, 0.4) is 0 Å². The number of aryl methyl sites for hydroxylation is 2. The standard InChI is InChI=1S/C11H17NO2/c1-7-5-8(2)11(13)9(3)10(7)6-12(4)14/h5,13-14H,6H2,1-4H3. The molecule has 0 bridgehead atoms. The van der Waals surface area contributed by atoms with Gasteiger partial charge < -0.3 is 10.3 Å². The Balaban J connectivity index is 3.22. The maximum absolute atomic E-state index is 9.72. The first kappa shape index (κ1) is 11.0. The molecule has 0 saturated heterocycles. The first-order valence-electron chi connectivity index (χ1n) is 4.62. The lowest BCUT2D eigenvalue weighted by Gasteiger charge is -2.16. The minimum absolute atomic E-state index is 0.326. The predicted molar refractivity (Wildman–Crippen MR) is 55.6 cm³/mol. The molecule has 0 heterocycles. The lowest BCUT2D eigenvalue weighted by atomic mass is 9.98. The van der Waals surface area contributed by atoms with E-state index in [1.54, 1.807) is 7.05 Å². The summed E-state index contributed by atoms with van der Waals surface area (Å²) >= 11 is 0. The smallest absolute Gasteiger partial charge is 0.121 e. The molecule has 1 aromatic carbocycles. The van der Waals surface area contributed by atoms with Gasteiger partial charge in [-0.3, -0.25) is 0 Å². The van der Waals surface area contributed by atoms with Crippen LogP contribution in [-0.4, -0.2) is 22.4 Å². The second-order valence-electron chi connectivity index (χ2n) is 3.78. The van der Waals surface area contributed by atoms with E-state index in [0.29, 0.717) is 12.3 Å². The number of hydrogen-bond acceptors (Lipinski definition) is 3. The summed E-state index contributed by atoms with van der Waals surface area (Å²) in [5, 5.41) is 20.0. The lowest BCUT2D eigenvalue weighted by molar-refractivity contribution is -0.0734. The molecule has 0 aromatic heterocycles. The summed E-state index contributed by atoms with van der Waals surface area (Å²) in [6.07, 6.45) is 0. The summed E-state index contributed by atoms with van der Waals surface area (Å²) in [5.74, 6) is 0.326. The zero-order valence-electron chi connectivity index (χ0n) is 9.13. The Kier molecular flexibility index (Phi) is 3.13. The number of phenolic OH excluding ortho intramolecular Hbond substituents is 1. The molecule has 0 amide bonds. The van der Waals surface area contributed by atoms with Crippen LogP contribution in [0.4, 0.5) is 0 Å². The van der Waals surface area contributed by atoms with Crippen LogP contribution in [0.1, 0.15) is 22.3 Å². The Morgan fingerprint density at radius 1 is 1.21 bits per heavy atom. The van der Waals surface area contributed by atoms with E-state index in [0.717, 1.165) is 27.3 Å². The van der Waals surface area contributed by atoms with E-state index in [9.17, 15) is 5.11 Å². The zero-order valence-corrected chi connectivity index (χ0v) is 9.13. The number of hydroxylamine groups is 2. The molecule has 14 heavy (non-hydrogen) atoms. The Morgan fingerprint density at radius 3 is 2.29 bits per heavy atom. The SMILES string of the molecule is Cc1cc(C)c(CN(C)O)c(C)c1O. The summed E-state index contributed by atoms with van der Waals surface area (Å²) in [5.41, 5.74) is 3.81. The van der Waals surface area contributed by atoms with Crippen molar-refractivity contribution >= 4 is 0 Å². The number of aromatic hydroxyl groups is 1. The van der Waals surface area contributed by atoms with E-state index in [1.165, 1.54) is 0 Å². The van der Waals surface area contributed by atoms with Gasteiger partial charge in [0.1, 0.15) is 5.75 Å². The Hall–Kier alpha value is -1.06. The first-order chi connectivity index (χ1) is 6.43. The molecular weight excluding hydrogens is 178 g/mol. The molecule has 3 nitrogen and oxygen atoms in total. The minimum Gasteiger partial charge on any atom is -0.507 e. The molecular formula is C11H17NO2. The molecule has 3 heteroatoms. The van der Waals surface area contributed by atoms with Crippen molar-refractivity contribution < 1.29 is 10.3 Å². The van der Waals surface area contributed by atoms with E-state index in [1.807, 2.05) is 26.8 Å². The zero-order chi connectivity index (χ0) is 10.9. The highest BCUT2D eigenvalue weighted by Crippen LogP contribution is 2.28. The highest BCUT2D eigenvalue weighted by molar-refractivity contribution is 5.48. The highest BCUT2D eigenvalue weighted by Gasteiger charge is 2.10. The van der Waals surface area contributed by atoms with Gasteiger partial charge in [0.2, 0.25) is 0 Å². The number of benzene rings is 1. The van der Waals surface area contributed by atoms with Crippen molar-refractivity contribution in [3.8, 4) is 5.75 Å². The molecule has 0 spiro atoms. The van der Waals surface area contributed by atoms with Crippen LogP contribution in [0.25, 0.3) is 0 Å². The Labute approximate surface area is 84.6 Å². The van der Waals surface area contributed by atoms with Crippen LogP contribution in [0.15, 0.2) is 6.07 Å². The van der Waals surface area contributed by atoms with Gasteiger partial charge >= 0.3 is 0 Å². The molecule has 0 unspecified atom stereocenters. The minimum atomic E-state index is 0.326. The van der Waals surface area contributed by atoms with Crippen molar-refractivity contribution in [1.82, 2.24) is 5.06 Å². The first-order valence-corrected chi connectivity index (χ1v) is 4.62. The van der Waals surface area contributed by atoms with E-state index in [4.69, 9.17) is 5.21 Å². The van der Waals surface area contributed by atoms with Crippen molar-refractivity contribution in [1.29, 1.82) is 0 Å². The maximum atomic E-state index is 9.72. The molecule has 0 atom stereocenters. The monoisotopic (exact) mass is 195 g/mol. The molecule has 0 saturated carbocycles. The number of nitrogens with zero attached hydrogens (tertiary/aromatic N) is 1. The van der Waals surface area contributed by atoms with Gasteiger partial charge in [-0.25, -0.2) is 0 Å². The van der Waals surface area contributed by atoms with Crippen molar-refractivity contribution in [2.45, 2.75) is 27.3 Å². The van der Waals surface area contributed by atoms with E-state index >= 15 is 0 Å². The molecule has 0 fully saturated rings. The molecule has 0 radical (unpaired) electrons. The number of phenols is 1. The van der Waals surface area contributed by atoms with Crippen LogP contribution in [-0.2, 0) is 6.54 Å². The average molecular weight is 195 g/mol. The van der Waals surface area contributed by atoms with Crippen LogP contribution in [0.2, 0.25) is 0 Å². The summed E-state index contributed by atoms with van der Waals surface area (Å²) in [6.45, 7) is 6.17. The topological polar surface area (TPSA) is 43.7 Å². The summed E-state index contributed by atoms with van der Waals surface area (Å²) in [4.78, 5) is 0. The maximum Gasteiger partial charge on any atom is 0.121 e. The molecule has 2 N–H and O–H groups in total. The van der Waals surface area contributed by atoms with E-state index < -0.39 is 0 Å².